The molecule has 1 saturated heterocycles. The minimum atomic E-state index is 0.0220. The number of hydrogen-bond acceptors (Lipinski definition) is 4. The van der Waals surface area contributed by atoms with Crippen molar-refractivity contribution in [1.82, 2.24) is 15.2 Å². The van der Waals surface area contributed by atoms with Crippen LogP contribution >= 0.6 is 0 Å². The second kappa shape index (κ2) is 6.37. The van der Waals surface area contributed by atoms with Crippen LogP contribution in [0.1, 0.15) is 12.0 Å². The van der Waals surface area contributed by atoms with Crippen LogP contribution < -0.4 is 5.43 Å². The van der Waals surface area contributed by atoms with Crippen LogP contribution in [0.15, 0.2) is 35.4 Å². The van der Waals surface area contributed by atoms with Crippen molar-refractivity contribution in [2.24, 2.45) is 11.0 Å². The topological polar surface area (TPSA) is 47.9 Å². The summed E-state index contributed by atoms with van der Waals surface area (Å²) in [6.07, 6.45) is 0.528. The van der Waals surface area contributed by atoms with E-state index in [0.29, 0.717) is 6.42 Å². The molecule has 0 saturated carbocycles. The number of rotatable bonds is 3. The smallest absolute Gasteiger partial charge is 0.240 e. The molecule has 5 nitrogen and oxygen atoms in total. The molecule has 3 rings (SSSR count). The molecule has 1 N–H and O–H groups in total. The molecule has 0 radical (unpaired) electrons. The fourth-order valence-corrected chi connectivity index (χ4v) is 2.98. The Kier molecular flexibility index (Phi) is 4.31. The minimum Gasteiger partial charge on any atom is -0.304 e. The van der Waals surface area contributed by atoms with Gasteiger partial charge in [0.05, 0.1) is 5.71 Å². The molecular formula is C16H22N4O. The quantitative estimate of drug-likeness (QED) is 0.893. The normalized spacial score (nSPS) is 24.5. The first-order valence-electron chi connectivity index (χ1n) is 7.55. The van der Waals surface area contributed by atoms with E-state index in [1.807, 2.05) is 18.2 Å². The van der Waals surface area contributed by atoms with Crippen LogP contribution in [0, 0.1) is 5.92 Å². The van der Waals surface area contributed by atoms with Gasteiger partial charge in [0.15, 0.2) is 0 Å². The van der Waals surface area contributed by atoms with E-state index in [-0.39, 0.29) is 11.8 Å². The van der Waals surface area contributed by atoms with Crippen molar-refractivity contribution in [2.45, 2.75) is 6.42 Å². The Hall–Kier alpha value is -1.72. The van der Waals surface area contributed by atoms with E-state index >= 15 is 0 Å². The number of likely N-dealkylation sites (N-methyl/N-ethyl adjacent to an activating group) is 1. The Labute approximate surface area is 125 Å². The van der Waals surface area contributed by atoms with Crippen molar-refractivity contribution < 1.29 is 4.79 Å². The summed E-state index contributed by atoms with van der Waals surface area (Å²) in [7, 11) is 2.16. The minimum absolute atomic E-state index is 0.0220. The van der Waals surface area contributed by atoms with Crippen LogP contribution in [0.5, 0.6) is 0 Å². The van der Waals surface area contributed by atoms with Crippen molar-refractivity contribution in [1.29, 1.82) is 0 Å². The molecule has 21 heavy (non-hydrogen) atoms. The highest BCUT2D eigenvalue weighted by molar-refractivity contribution is 6.06. The Morgan fingerprint density at radius 2 is 1.90 bits per heavy atom. The van der Waals surface area contributed by atoms with Gasteiger partial charge < -0.3 is 9.80 Å². The first-order valence-corrected chi connectivity index (χ1v) is 7.55. The zero-order valence-corrected chi connectivity index (χ0v) is 12.5. The summed E-state index contributed by atoms with van der Waals surface area (Å²) < 4.78 is 0. The number of carbonyl (C=O) groups excluding carboxylic acids is 1. The van der Waals surface area contributed by atoms with Gasteiger partial charge in [-0.25, -0.2) is 5.43 Å². The molecule has 1 fully saturated rings. The van der Waals surface area contributed by atoms with Gasteiger partial charge in [-0.15, -0.1) is 0 Å². The van der Waals surface area contributed by atoms with Crippen LogP contribution in [-0.2, 0) is 4.79 Å². The molecule has 2 aliphatic rings. The van der Waals surface area contributed by atoms with Gasteiger partial charge in [-0.1, -0.05) is 30.3 Å². The number of piperazine rings is 1. The predicted molar refractivity (Wildman–Crippen MR) is 83.2 cm³/mol. The number of amides is 1. The molecule has 1 aromatic rings. The van der Waals surface area contributed by atoms with E-state index in [1.54, 1.807) is 0 Å². The van der Waals surface area contributed by atoms with Crippen LogP contribution in [0.2, 0.25) is 0 Å². The van der Waals surface area contributed by atoms with E-state index in [2.05, 4.69) is 39.5 Å². The van der Waals surface area contributed by atoms with Crippen molar-refractivity contribution in [3.8, 4) is 0 Å². The Balaban J connectivity index is 1.73. The van der Waals surface area contributed by atoms with Gasteiger partial charge in [-0.3, -0.25) is 4.79 Å². The number of carbonyl (C=O) groups is 1. The summed E-state index contributed by atoms with van der Waals surface area (Å²) in [6.45, 7) is 5.23. The maximum absolute atomic E-state index is 11.7. The number of nitrogens with zero attached hydrogens (tertiary/aromatic N) is 3. The molecule has 2 heterocycles. The highest BCUT2D eigenvalue weighted by atomic mass is 16.2. The molecule has 0 aliphatic carbocycles. The molecule has 1 aromatic carbocycles. The fourth-order valence-electron chi connectivity index (χ4n) is 2.98. The highest BCUT2D eigenvalue weighted by Crippen LogP contribution is 2.19. The van der Waals surface area contributed by atoms with Gasteiger partial charge in [0.1, 0.15) is 0 Å². The summed E-state index contributed by atoms with van der Waals surface area (Å²) in [6, 6.07) is 10.2. The summed E-state index contributed by atoms with van der Waals surface area (Å²) in [5.74, 6) is 0.207. The lowest BCUT2D eigenvalue weighted by atomic mass is 9.91. The summed E-state index contributed by atoms with van der Waals surface area (Å²) in [5, 5.41) is 4.32. The van der Waals surface area contributed by atoms with E-state index in [1.165, 1.54) is 0 Å². The van der Waals surface area contributed by atoms with Crippen molar-refractivity contribution in [3.63, 3.8) is 0 Å². The molecular weight excluding hydrogens is 264 g/mol. The van der Waals surface area contributed by atoms with Crippen molar-refractivity contribution in [2.75, 3.05) is 39.8 Å². The third-order valence-electron chi connectivity index (χ3n) is 4.26. The third-order valence-corrected chi connectivity index (χ3v) is 4.26. The highest BCUT2D eigenvalue weighted by Gasteiger charge is 2.28. The number of benzene rings is 1. The number of nitrogens with one attached hydrogen (secondary N) is 1. The molecule has 0 spiro atoms. The first-order chi connectivity index (χ1) is 10.2. The molecule has 2 aliphatic heterocycles. The summed E-state index contributed by atoms with van der Waals surface area (Å²) in [5.41, 5.74) is 4.74. The number of hydrogen-bond donors (Lipinski definition) is 1. The van der Waals surface area contributed by atoms with E-state index in [0.717, 1.165) is 44.0 Å². The van der Waals surface area contributed by atoms with Crippen LogP contribution in [0.4, 0.5) is 0 Å². The van der Waals surface area contributed by atoms with Crippen LogP contribution in [0.25, 0.3) is 0 Å². The van der Waals surface area contributed by atoms with E-state index in [9.17, 15) is 4.79 Å². The van der Waals surface area contributed by atoms with Gasteiger partial charge in [0.2, 0.25) is 5.91 Å². The zero-order chi connectivity index (χ0) is 14.7. The molecule has 0 bridgehead atoms. The predicted octanol–water partition coefficient (Wildman–Crippen LogP) is 0.774. The largest absolute Gasteiger partial charge is 0.304 e. The molecule has 112 valence electrons. The van der Waals surface area contributed by atoms with Crippen LogP contribution in [0.3, 0.4) is 0 Å². The molecule has 1 atom stereocenters. The number of hydrazone groups is 1. The fraction of sp³-hybridized carbons (Fsp3) is 0.500. The Bertz CT molecular complexity index is 520. The Morgan fingerprint density at radius 1 is 1.19 bits per heavy atom. The van der Waals surface area contributed by atoms with Crippen LogP contribution in [-0.4, -0.2) is 61.2 Å². The molecule has 5 heteroatoms. The van der Waals surface area contributed by atoms with E-state index in [4.69, 9.17) is 0 Å². The molecule has 1 unspecified atom stereocenters. The van der Waals surface area contributed by atoms with E-state index < -0.39 is 0 Å². The average molecular weight is 286 g/mol. The summed E-state index contributed by atoms with van der Waals surface area (Å²) >= 11 is 0. The lowest BCUT2D eigenvalue weighted by Crippen LogP contribution is -2.48. The standard InChI is InChI=1S/C16H22N4O/c1-19-7-9-20(10-8-19)12-14-11-15(21)17-18-16(14)13-5-3-2-4-6-13/h2-6,14H,7-12H2,1H3,(H,17,21). The van der Waals surface area contributed by atoms with Crippen molar-refractivity contribution in [3.05, 3.63) is 35.9 Å². The average Bonchev–Trinajstić information content (AvgIpc) is 2.51. The maximum Gasteiger partial charge on any atom is 0.240 e. The second-order valence-corrected chi connectivity index (χ2v) is 5.90. The monoisotopic (exact) mass is 286 g/mol. The molecule has 0 aromatic heterocycles. The van der Waals surface area contributed by atoms with Gasteiger partial charge in [0.25, 0.3) is 0 Å². The Morgan fingerprint density at radius 3 is 2.62 bits per heavy atom. The molecule has 1 amide bonds. The SMILES string of the molecule is CN1CCN(CC2CC(=O)NN=C2c2ccccc2)CC1. The van der Waals surface area contributed by atoms with Gasteiger partial charge in [-0.05, 0) is 12.6 Å². The summed E-state index contributed by atoms with van der Waals surface area (Å²) in [4.78, 5) is 16.5. The zero-order valence-electron chi connectivity index (χ0n) is 12.5. The van der Waals surface area contributed by atoms with Gasteiger partial charge in [-0.2, -0.15) is 5.10 Å². The van der Waals surface area contributed by atoms with Gasteiger partial charge in [0, 0.05) is 45.1 Å². The van der Waals surface area contributed by atoms with Gasteiger partial charge >= 0.3 is 0 Å². The third kappa shape index (κ3) is 3.49. The van der Waals surface area contributed by atoms with Crippen molar-refractivity contribution >= 4 is 11.6 Å². The lowest BCUT2D eigenvalue weighted by molar-refractivity contribution is -0.122. The maximum atomic E-state index is 11.7. The lowest BCUT2D eigenvalue weighted by Gasteiger charge is -2.35. The second-order valence-electron chi connectivity index (χ2n) is 5.90. The first kappa shape index (κ1) is 14.2.